The molecule has 1 aliphatic rings. The van der Waals surface area contributed by atoms with E-state index in [1.165, 1.54) is 26.4 Å². The van der Waals surface area contributed by atoms with Crippen LogP contribution in [0.2, 0.25) is 0 Å². The average Bonchev–Trinajstić information content (AvgIpc) is 2.61. The first-order valence-corrected chi connectivity index (χ1v) is 7.41. The monoisotopic (exact) mass is 338 g/mol. The highest BCUT2D eigenvalue weighted by atomic mass is 16.7. The van der Waals surface area contributed by atoms with Gasteiger partial charge in [-0.15, -0.1) is 6.58 Å². The Morgan fingerprint density at radius 2 is 1.83 bits per heavy atom. The Bertz CT molecular complexity index is 586. The third kappa shape index (κ3) is 3.64. The lowest BCUT2D eigenvalue weighted by Gasteiger charge is -2.32. The zero-order chi connectivity index (χ0) is 17.7. The first kappa shape index (κ1) is 18.1. The molecule has 3 atom stereocenters. The van der Waals surface area contributed by atoms with Crippen molar-refractivity contribution < 1.29 is 34.3 Å². The summed E-state index contributed by atoms with van der Waals surface area (Å²) in [6.07, 6.45) is 1.33. The predicted octanol–water partition coefficient (Wildman–Crippen LogP) is 0.970. The Kier molecular flexibility index (Phi) is 6.08. The van der Waals surface area contributed by atoms with Crippen molar-refractivity contribution in [2.75, 3.05) is 20.8 Å². The van der Waals surface area contributed by atoms with Crippen molar-refractivity contribution in [1.29, 1.82) is 0 Å². The lowest BCUT2D eigenvalue weighted by atomic mass is 9.94. The number of hydrogen-bond acceptors (Lipinski definition) is 7. The molecule has 3 unspecified atom stereocenters. The lowest BCUT2D eigenvalue weighted by molar-refractivity contribution is -0.0586. The van der Waals surface area contributed by atoms with E-state index in [2.05, 4.69) is 6.58 Å². The molecular weight excluding hydrogens is 316 g/mol. The van der Waals surface area contributed by atoms with Crippen LogP contribution in [-0.2, 0) is 11.3 Å². The zero-order valence-electron chi connectivity index (χ0n) is 13.6. The quantitative estimate of drug-likeness (QED) is 0.637. The van der Waals surface area contributed by atoms with E-state index in [4.69, 9.17) is 18.9 Å². The van der Waals surface area contributed by atoms with E-state index >= 15 is 0 Å². The van der Waals surface area contributed by atoms with Crippen LogP contribution < -0.4 is 14.2 Å². The second kappa shape index (κ2) is 8.05. The molecule has 0 radical (unpaired) electrons. The Morgan fingerprint density at radius 3 is 2.29 bits per heavy atom. The maximum Gasteiger partial charge on any atom is 0.283 e. The zero-order valence-corrected chi connectivity index (χ0v) is 13.6. The minimum Gasteiger partial charge on any atom is -0.493 e. The van der Waals surface area contributed by atoms with E-state index in [1.54, 1.807) is 12.1 Å². The molecule has 0 saturated heterocycles. The van der Waals surface area contributed by atoms with E-state index < -0.39 is 18.1 Å². The molecule has 0 fully saturated rings. The molecule has 0 spiro atoms. The smallest absolute Gasteiger partial charge is 0.283 e. The number of aliphatic hydroxyl groups excluding tert-OH is 3. The Hall–Kier alpha value is -2.22. The second-order valence-corrected chi connectivity index (χ2v) is 5.22. The number of hydrogen-bond donors (Lipinski definition) is 3. The number of rotatable bonds is 7. The second-order valence-electron chi connectivity index (χ2n) is 5.22. The molecule has 0 aromatic heterocycles. The molecule has 7 heteroatoms. The van der Waals surface area contributed by atoms with Gasteiger partial charge in [-0.25, -0.2) is 0 Å². The average molecular weight is 338 g/mol. The van der Waals surface area contributed by atoms with Crippen molar-refractivity contribution in [2.24, 2.45) is 5.92 Å². The van der Waals surface area contributed by atoms with E-state index in [0.717, 1.165) is 0 Å². The molecule has 0 amide bonds. The predicted molar refractivity (Wildman–Crippen MR) is 85.8 cm³/mol. The van der Waals surface area contributed by atoms with Crippen LogP contribution in [0, 0.1) is 5.92 Å². The maximum absolute atomic E-state index is 10.1. The fourth-order valence-corrected chi connectivity index (χ4v) is 2.47. The fourth-order valence-electron chi connectivity index (χ4n) is 2.47. The summed E-state index contributed by atoms with van der Waals surface area (Å²) in [5.41, 5.74) is 0.592. The first-order valence-electron chi connectivity index (χ1n) is 7.41. The van der Waals surface area contributed by atoms with Crippen molar-refractivity contribution in [3.8, 4) is 17.2 Å². The van der Waals surface area contributed by atoms with Gasteiger partial charge in [0.05, 0.1) is 33.5 Å². The van der Waals surface area contributed by atoms with E-state index in [9.17, 15) is 15.3 Å². The normalized spacial score (nSPS) is 23.0. The molecule has 2 rings (SSSR count). The minimum atomic E-state index is -0.905. The van der Waals surface area contributed by atoms with Crippen LogP contribution in [-0.4, -0.2) is 48.4 Å². The van der Waals surface area contributed by atoms with Crippen molar-refractivity contribution in [1.82, 2.24) is 0 Å². The number of methoxy groups -OCH3 is 2. The highest BCUT2D eigenvalue weighted by Crippen LogP contribution is 2.40. The van der Waals surface area contributed by atoms with Gasteiger partial charge in [0.2, 0.25) is 5.75 Å². The topological polar surface area (TPSA) is 97.6 Å². The molecule has 24 heavy (non-hydrogen) atoms. The Balaban J connectivity index is 2.35. The summed E-state index contributed by atoms with van der Waals surface area (Å²) in [4.78, 5) is 0. The maximum atomic E-state index is 10.1. The third-order valence-corrected chi connectivity index (χ3v) is 3.76. The summed E-state index contributed by atoms with van der Waals surface area (Å²) in [7, 11) is 2.91. The van der Waals surface area contributed by atoms with Crippen LogP contribution in [0.3, 0.4) is 0 Å². The third-order valence-electron chi connectivity index (χ3n) is 3.76. The molecule has 1 aromatic rings. The van der Waals surface area contributed by atoms with E-state index in [0.29, 0.717) is 17.1 Å². The molecule has 0 saturated carbocycles. The lowest BCUT2D eigenvalue weighted by Crippen LogP contribution is -2.38. The van der Waals surface area contributed by atoms with Crippen LogP contribution in [0.1, 0.15) is 5.56 Å². The van der Waals surface area contributed by atoms with Crippen LogP contribution in [0.4, 0.5) is 0 Å². The summed E-state index contributed by atoms with van der Waals surface area (Å²) in [5.74, 6) is 0.493. The van der Waals surface area contributed by atoms with Crippen molar-refractivity contribution in [3.05, 3.63) is 42.4 Å². The van der Waals surface area contributed by atoms with Crippen molar-refractivity contribution >= 4 is 0 Å². The van der Waals surface area contributed by atoms with Gasteiger partial charge in [-0.2, -0.15) is 0 Å². The van der Waals surface area contributed by atoms with Gasteiger partial charge >= 0.3 is 0 Å². The van der Waals surface area contributed by atoms with E-state index in [-0.39, 0.29) is 24.9 Å². The molecule has 0 bridgehead atoms. The minimum absolute atomic E-state index is 0.0213. The molecule has 3 N–H and O–H groups in total. The SMILES string of the molecule is C=CC1C(O)C=C(Oc2c(OC)cc(CO)cc2OC)OC1CO. The summed E-state index contributed by atoms with van der Waals surface area (Å²) in [6.45, 7) is 3.15. The molecule has 1 heterocycles. The summed E-state index contributed by atoms with van der Waals surface area (Å²) in [5, 5.41) is 28.8. The van der Waals surface area contributed by atoms with Crippen LogP contribution in [0.25, 0.3) is 0 Å². The molecule has 7 nitrogen and oxygen atoms in total. The molecular formula is C17H22O7. The standard InChI is InChI=1S/C17H22O7/c1-4-11-12(20)7-16(23-15(11)9-19)24-17-13(21-2)5-10(8-18)6-14(17)22-3/h4-7,11-12,15,18-20H,1,8-9H2,2-3H3. The molecule has 132 valence electrons. The largest absolute Gasteiger partial charge is 0.493 e. The van der Waals surface area contributed by atoms with Gasteiger partial charge in [0.1, 0.15) is 6.10 Å². The van der Waals surface area contributed by atoms with Crippen LogP contribution in [0.5, 0.6) is 17.2 Å². The fraction of sp³-hybridized carbons (Fsp3) is 0.412. The number of aliphatic hydroxyl groups is 3. The molecule has 0 aliphatic carbocycles. The number of ether oxygens (including phenoxy) is 4. The van der Waals surface area contributed by atoms with Gasteiger partial charge in [0, 0.05) is 12.0 Å². The van der Waals surface area contributed by atoms with Gasteiger partial charge in [0.15, 0.2) is 11.5 Å². The summed E-state index contributed by atoms with van der Waals surface area (Å²) in [6, 6.07) is 3.21. The Morgan fingerprint density at radius 1 is 1.21 bits per heavy atom. The summed E-state index contributed by atoms with van der Waals surface area (Å²) < 4.78 is 21.8. The van der Waals surface area contributed by atoms with Gasteiger partial charge < -0.3 is 34.3 Å². The highest BCUT2D eigenvalue weighted by Gasteiger charge is 2.33. The van der Waals surface area contributed by atoms with Gasteiger partial charge in [-0.1, -0.05) is 6.08 Å². The Labute approximate surface area is 140 Å². The highest BCUT2D eigenvalue weighted by molar-refractivity contribution is 5.54. The summed E-state index contributed by atoms with van der Waals surface area (Å²) >= 11 is 0. The molecule has 1 aromatic carbocycles. The van der Waals surface area contributed by atoms with Crippen LogP contribution >= 0.6 is 0 Å². The van der Waals surface area contributed by atoms with Crippen molar-refractivity contribution in [3.63, 3.8) is 0 Å². The first-order chi connectivity index (χ1) is 11.6. The van der Waals surface area contributed by atoms with Gasteiger partial charge in [0.25, 0.3) is 5.95 Å². The van der Waals surface area contributed by atoms with Crippen LogP contribution in [0.15, 0.2) is 36.8 Å². The van der Waals surface area contributed by atoms with Crippen molar-refractivity contribution in [2.45, 2.75) is 18.8 Å². The van der Waals surface area contributed by atoms with Gasteiger partial charge in [-0.05, 0) is 17.7 Å². The molecule has 1 aliphatic heterocycles. The van der Waals surface area contributed by atoms with Gasteiger partial charge in [-0.3, -0.25) is 0 Å². The number of benzene rings is 1. The van der Waals surface area contributed by atoms with E-state index in [1.807, 2.05) is 0 Å².